The molecule has 4 rings (SSSR count). The third-order valence-corrected chi connectivity index (χ3v) is 5.00. The SMILES string of the molecule is O=C(Nc1cccc(-n2ccnn2)c1)c1cc2c(s1)CCC2. The summed E-state index contributed by atoms with van der Waals surface area (Å²) in [5.41, 5.74) is 2.96. The van der Waals surface area contributed by atoms with E-state index in [1.807, 2.05) is 30.3 Å². The number of hydrogen-bond donors (Lipinski definition) is 1. The van der Waals surface area contributed by atoms with Gasteiger partial charge in [0, 0.05) is 10.6 Å². The molecular formula is C16H14N4OS. The number of nitrogens with zero attached hydrogens (tertiary/aromatic N) is 3. The molecule has 110 valence electrons. The van der Waals surface area contributed by atoms with Crippen molar-refractivity contribution in [3.63, 3.8) is 0 Å². The molecule has 0 atom stereocenters. The van der Waals surface area contributed by atoms with Crippen molar-refractivity contribution in [2.75, 3.05) is 5.32 Å². The van der Waals surface area contributed by atoms with E-state index in [1.54, 1.807) is 28.4 Å². The van der Waals surface area contributed by atoms with Crippen LogP contribution in [0.2, 0.25) is 0 Å². The normalized spacial score (nSPS) is 13.1. The maximum atomic E-state index is 12.4. The van der Waals surface area contributed by atoms with Gasteiger partial charge in [0.1, 0.15) is 0 Å². The van der Waals surface area contributed by atoms with Crippen LogP contribution in [-0.2, 0) is 12.8 Å². The molecule has 0 saturated carbocycles. The zero-order valence-corrected chi connectivity index (χ0v) is 12.6. The second-order valence-corrected chi connectivity index (χ2v) is 6.40. The first-order valence-electron chi connectivity index (χ1n) is 7.19. The molecule has 0 bridgehead atoms. The minimum absolute atomic E-state index is 0.0462. The molecule has 1 N–H and O–H groups in total. The lowest BCUT2D eigenvalue weighted by atomic mass is 10.2. The third-order valence-electron chi connectivity index (χ3n) is 3.76. The van der Waals surface area contributed by atoms with Crippen LogP contribution in [0.25, 0.3) is 5.69 Å². The van der Waals surface area contributed by atoms with E-state index in [2.05, 4.69) is 15.6 Å². The first-order chi connectivity index (χ1) is 10.8. The summed E-state index contributed by atoms with van der Waals surface area (Å²) in [6.07, 6.45) is 6.81. The number of benzene rings is 1. The highest BCUT2D eigenvalue weighted by molar-refractivity contribution is 7.14. The van der Waals surface area contributed by atoms with Crippen molar-refractivity contribution in [2.45, 2.75) is 19.3 Å². The molecule has 2 heterocycles. The minimum Gasteiger partial charge on any atom is -0.321 e. The van der Waals surface area contributed by atoms with Gasteiger partial charge in [0.05, 0.1) is 23.0 Å². The van der Waals surface area contributed by atoms with Gasteiger partial charge in [-0.25, -0.2) is 4.68 Å². The van der Waals surface area contributed by atoms with Crippen LogP contribution in [0.3, 0.4) is 0 Å². The smallest absolute Gasteiger partial charge is 0.265 e. The number of aromatic nitrogens is 3. The third kappa shape index (κ3) is 2.42. The van der Waals surface area contributed by atoms with Crippen LogP contribution >= 0.6 is 11.3 Å². The van der Waals surface area contributed by atoms with E-state index < -0.39 is 0 Å². The van der Waals surface area contributed by atoms with Crippen molar-refractivity contribution in [3.05, 3.63) is 58.0 Å². The predicted molar refractivity (Wildman–Crippen MR) is 85.7 cm³/mol. The monoisotopic (exact) mass is 310 g/mol. The average molecular weight is 310 g/mol. The van der Waals surface area contributed by atoms with E-state index in [1.165, 1.54) is 16.9 Å². The maximum absolute atomic E-state index is 12.4. The van der Waals surface area contributed by atoms with Gasteiger partial charge in [-0.05, 0) is 49.1 Å². The maximum Gasteiger partial charge on any atom is 0.265 e. The first-order valence-corrected chi connectivity index (χ1v) is 8.01. The molecule has 0 fully saturated rings. The van der Waals surface area contributed by atoms with Crippen LogP contribution in [0.4, 0.5) is 5.69 Å². The number of carbonyl (C=O) groups excluding carboxylic acids is 1. The summed E-state index contributed by atoms with van der Waals surface area (Å²) in [6, 6.07) is 9.60. The molecule has 0 aliphatic heterocycles. The van der Waals surface area contributed by atoms with Gasteiger partial charge < -0.3 is 5.32 Å². The van der Waals surface area contributed by atoms with Crippen molar-refractivity contribution in [1.82, 2.24) is 15.0 Å². The zero-order chi connectivity index (χ0) is 14.9. The molecule has 1 aliphatic carbocycles. The van der Waals surface area contributed by atoms with Gasteiger partial charge in [0.25, 0.3) is 5.91 Å². The molecule has 0 unspecified atom stereocenters. The number of amides is 1. The van der Waals surface area contributed by atoms with Crippen molar-refractivity contribution in [2.24, 2.45) is 0 Å². The van der Waals surface area contributed by atoms with E-state index in [0.29, 0.717) is 0 Å². The van der Waals surface area contributed by atoms with Gasteiger partial charge in [0.15, 0.2) is 0 Å². The molecule has 1 aliphatic rings. The summed E-state index contributed by atoms with van der Waals surface area (Å²) in [4.78, 5) is 14.5. The van der Waals surface area contributed by atoms with Crippen LogP contribution in [0.15, 0.2) is 42.7 Å². The highest BCUT2D eigenvalue weighted by Gasteiger charge is 2.18. The zero-order valence-electron chi connectivity index (χ0n) is 11.8. The predicted octanol–water partition coefficient (Wildman–Crippen LogP) is 3.07. The summed E-state index contributed by atoms with van der Waals surface area (Å²) in [5, 5.41) is 10.7. The lowest BCUT2D eigenvalue weighted by Crippen LogP contribution is -2.10. The number of hydrogen-bond acceptors (Lipinski definition) is 4. The topological polar surface area (TPSA) is 59.8 Å². The highest BCUT2D eigenvalue weighted by atomic mass is 32.1. The standard InChI is InChI=1S/C16H14N4OS/c21-16(15-9-11-3-1-6-14(11)22-15)18-12-4-2-5-13(10-12)20-8-7-17-19-20/h2,4-5,7-10H,1,3,6H2,(H,18,21). The second-order valence-electron chi connectivity index (χ2n) is 5.26. The Labute approximate surface area is 131 Å². The van der Waals surface area contributed by atoms with Crippen molar-refractivity contribution < 1.29 is 4.79 Å². The lowest BCUT2D eigenvalue weighted by molar-refractivity contribution is 0.103. The Hall–Kier alpha value is -2.47. The quantitative estimate of drug-likeness (QED) is 0.809. The Kier molecular flexibility index (Phi) is 3.23. The van der Waals surface area contributed by atoms with Crippen LogP contribution in [-0.4, -0.2) is 20.9 Å². The number of nitrogens with one attached hydrogen (secondary N) is 1. The summed E-state index contributed by atoms with van der Waals surface area (Å²) in [5.74, 6) is -0.0462. The molecule has 0 spiro atoms. The van der Waals surface area contributed by atoms with Crippen LogP contribution in [0.5, 0.6) is 0 Å². The van der Waals surface area contributed by atoms with E-state index in [0.717, 1.165) is 29.1 Å². The molecule has 0 radical (unpaired) electrons. The highest BCUT2D eigenvalue weighted by Crippen LogP contribution is 2.31. The minimum atomic E-state index is -0.0462. The number of aryl methyl sites for hydroxylation is 2. The Morgan fingerprint density at radius 3 is 3.05 bits per heavy atom. The number of anilines is 1. The summed E-state index contributed by atoms with van der Waals surface area (Å²) in [6.45, 7) is 0. The molecule has 1 amide bonds. The number of carbonyl (C=O) groups is 1. The fourth-order valence-electron chi connectivity index (χ4n) is 2.71. The summed E-state index contributed by atoms with van der Waals surface area (Å²) in [7, 11) is 0. The second kappa shape index (κ2) is 5.38. The molecule has 6 heteroatoms. The number of rotatable bonds is 3. The van der Waals surface area contributed by atoms with E-state index in [9.17, 15) is 4.79 Å². The Bertz CT molecular complexity index is 801. The Morgan fingerprint density at radius 1 is 1.27 bits per heavy atom. The van der Waals surface area contributed by atoms with E-state index in [4.69, 9.17) is 0 Å². The number of thiophene rings is 1. The van der Waals surface area contributed by atoms with Gasteiger partial charge in [-0.3, -0.25) is 4.79 Å². The Morgan fingerprint density at radius 2 is 2.23 bits per heavy atom. The van der Waals surface area contributed by atoms with Gasteiger partial charge in [-0.2, -0.15) is 0 Å². The first kappa shape index (κ1) is 13.2. The van der Waals surface area contributed by atoms with Gasteiger partial charge in [0.2, 0.25) is 0 Å². The molecule has 0 saturated heterocycles. The summed E-state index contributed by atoms with van der Waals surface area (Å²) < 4.78 is 1.66. The molecule has 5 nitrogen and oxygen atoms in total. The van der Waals surface area contributed by atoms with E-state index in [-0.39, 0.29) is 5.91 Å². The van der Waals surface area contributed by atoms with Gasteiger partial charge in [-0.1, -0.05) is 11.3 Å². The Balaban J connectivity index is 1.55. The van der Waals surface area contributed by atoms with Crippen LogP contribution in [0, 0.1) is 0 Å². The van der Waals surface area contributed by atoms with Crippen molar-refractivity contribution in [1.29, 1.82) is 0 Å². The molecule has 2 aromatic heterocycles. The molecule has 3 aromatic rings. The molecular weight excluding hydrogens is 296 g/mol. The fraction of sp³-hybridized carbons (Fsp3) is 0.188. The number of fused-ring (bicyclic) bond motifs is 1. The van der Waals surface area contributed by atoms with E-state index >= 15 is 0 Å². The van der Waals surface area contributed by atoms with Gasteiger partial charge in [-0.15, -0.1) is 16.4 Å². The van der Waals surface area contributed by atoms with Crippen molar-refractivity contribution >= 4 is 22.9 Å². The lowest BCUT2D eigenvalue weighted by Gasteiger charge is -2.06. The average Bonchev–Trinajstić information content (AvgIpc) is 3.24. The molecule has 22 heavy (non-hydrogen) atoms. The largest absolute Gasteiger partial charge is 0.321 e. The van der Waals surface area contributed by atoms with Crippen LogP contribution in [0.1, 0.15) is 26.5 Å². The van der Waals surface area contributed by atoms with Gasteiger partial charge >= 0.3 is 0 Å². The fourth-order valence-corrected chi connectivity index (χ4v) is 3.85. The summed E-state index contributed by atoms with van der Waals surface area (Å²) >= 11 is 1.61. The van der Waals surface area contributed by atoms with Crippen LogP contribution < -0.4 is 5.32 Å². The van der Waals surface area contributed by atoms with Crippen molar-refractivity contribution in [3.8, 4) is 5.69 Å². The molecule has 1 aromatic carbocycles.